The molecule has 3 nitrogen and oxygen atoms in total. The normalized spacial score (nSPS) is 7.50. The van der Waals surface area contributed by atoms with Crippen LogP contribution in [0.2, 0.25) is 0 Å². The second-order valence-corrected chi connectivity index (χ2v) is 2.44. The molecule has 0 aliphatic heterocycles. The minimum atomic E-state index is 0. The number of H-pyrrole nitrogens is 3. The van der Waals surface area contributed by atoms with Gasteiger partial charge in [-0.25, -0.2) is 0 Å². The summed E-state index contributed by atoms with van der Waals surface area (Å²) in [5.74, 6) is 0. The zero-order valence-electron chi connectivity index (χ0n) is 8.77. The smallest absolute Gasteiger partial charge is 0.484 e. The van der Waals surface area contributed by atoms with Crippen LogP contribution in [-0.4, -0.2) is 15.0 Å². The van der Waals surface area contributed by atoms with Gasteiger partial charge in [-0.3, -0.25) is 0 Å². The summed E-state index contributed by atoms with van der Waals surface area (Å²) in [5.41, 5.74) is 0. The first-order valence-corrected chi connectivity index (χ1v) is 4.48. The van der Waals surface area contributed by atoms with Crippen LogP contribution < -0.4 is 0 Å². The molecule has 0 radical (unpaired) electrons. The molecule has 0 saturated carbocycles. The van der Waals surface area contributed by atoms with Crippen molar-refractivity contribution < 1.29 is 32.7 Å². The molecule has 0 aliphatic carbocycles. The Morgan fingerprint density at radius 2 is 0.875 bits per heavy atom. The first-order valence-electron chi connectivity index (χ1n) is 4.48. The number of hydrogen-bond acceptors (Lipinski definition) is 0. The fourth-order valence-electron chi connectivity index (χ4n) is 0.722. The summed E-state index contributed by atoms with van der Waals surface area (Å²) in [6.45, 7) is 0. The van der Waals surface area contributed by atoms with Crippen molar-refractivity contribution in [1.29, 1.82) is 0 Å². The fraction of sp³-hybridized carbons (Fsp3) is 0. The van der Waals surface area contributed by atoms with Crippen molar-refractivity contribution in [3.05, 3.63) is 73.6 Å². The zero-order valence-corrected chi connectivity index (χ0v) is 11.6. The Bertz CT molecular complexity index is 248. The molecular formula is C12H12N3Y. The molecule has 0 fully saturated rings. The Balaban J connectivity index is 0.000000205. The summed E-state index contributed by atoms with van der Waals surface area (Å²) >= 11 is 0. The third-order valence-corrected chi connectivity index (χ3v) is 1.33. The maximum atomic E-state index is 2.74. The summed E-state index contributed by atoms with van der Waals surface area (Å²) < 4.78 is 0. The van der Waals surface area contributed by atoms with E-state index >= 15 is 0 Å². The molecule has 4 heteroatoms. The molecule has 0 saturated heterocycles. The van der Waals surface area contributed by atoms with Gasteiger partial charge in [-0.1, -0.05) is 0 Å². The van der Waals surface area contributed by atoms with Crippen LogP contribution in [0.5, 0.6) is 0 Å². The predicted molar refractivity (Wildman–Crippen MR) is 58.9 cm³/mol. The van der Waals surface area contributed by atoms with E-state index in [1.165, 1.54) is 0 Å². The van der Waals surface area contributed by atoms with E-state index in [0.29, 0.717) is 0 Å². The summed E-state index contributed by atoms with van der Waals surface area (Å²) in [6, 6.07) is 11.1. The van der Waals surface area contributed by atoms with Gasteiger partial charge in [0.1, 0.15) is 0 Å². The van der Waals surface area contributed by atoms with Crippen LogP contribution in [-0.2, 0) is 32.7 Å². The molecule has 0 unspecified atom stereocenters. The molecule has 0 bridgehead atoms. The number of aromatic amines is 3. The number of nitrogens with one attached hydrogen (secondary N) is 3. The average molecular weight is 287 g/mol. The van der Waals surface area contributed by atoms with Gasteiger partial charge in [0.25, 0.3) is 0 Å². The molecule has 0 spiro atoms. The second-order valence-electron chi connectivity index (χ2n) is 2.44. The van der Waals surface area contributed by atoms with E-state index < -0.39 is 0 Å². The van der Waals surface area contributed by atoms with Gasteiger partial charge in [-0.2, -0.15) is 55.0 Å². The van der Waals surface area contributed by atoms with Crippen molar-refractivity contribution in [2.75, 3.05) is 0 Å². The Kier molecular flexibility index (Phi) is 11.2. The third-order valence-electron chi connectivity index (χ3n) is 1.33. The molecule has 0 aromatic carbocycles. The van der Waals surface area contributed by atoms with Crippen molar-refractivity contribution in [3.8, 4) is 0 Å². The standard InChI is InChI=1S/3C4H4N.Y/c3*1-2-4-5-3-1;/h3*1-3,5H;/q3*-1;+3. The zero-order chi connectivity index (χ0) is 10.6. The Labute approximate surface area is 121 Å². The monoisotopic (exact) mass is 287 g/mol. The van der Waals surface area contributed by atoms with E-state index in [0.717, 1.165) is 0 Å². The average Bonchev–Trinajstić information content (AvgIpc) is 3.09. The van der Waals surface area contributed by atoms with Gasteiger partial charge in [0.2, 0.25) is 0 Å². The first kappa shape index (κ1) is 14.9. The van der Waals surface area contributed by atoms with E-state index in [9.17, 15) is 0 Å². The van der Waals surface area contributed by atoms with Crippen LogP contribution in [0.4, 0.5) is 0 Å². The molecule has 3 aromatic heterocycles. The van der Waals surface area contributed by atoms with Crippen molar-refractivity contribution in [1.82, 2.24) is 15.0 Å². The van der Waals surface area contributed by atoms with Crippen molar-refractivity contribution in [2.45, 2.75) is 0 Å². The number of hydrogen-bond donors (Lipinski definition) is 3. The van der Waals surface area contributed by atoms with E-state index in [4.69, 9.17) is 0 Å². The quantitative estimate of drug-likeness (QED) is 0.532. The van der Waals surface area contributed by atoms with Crippen LogP contribution in [0.15, 0.2) is 55.0 Å². The Hall–Kier alpha value is -1.06. The van der Waals surface area contributed by atoms with Crippen molar-refractivity contribution >= 4 is 0 Å². The van der Waals surface area contributed by atoms with Crippen LogP contribution in [0.3, 0.4) is 0 Å². The molecule has 3 aromatic rings. The molecule has 16 heavy (non-hydrogen) atoms. The molecule has 3 N–H and O–H groups in total. The predicted octanol–water partition coefficient (Wildman–Crippen LogP) is 2.44. The summed E-state index contributed by atoms with van der Waals surface area (Å²) in [5, 5.41) is 0. The number of aromatic nitrogens is 3. The molecule has 78 valence electrons. The van der Waals surface area contributed by atoms with Gasteiger partial charge in [0, 0.05) is 0 Å². The minimum Gasteiger partial charge on any atom is -0.484 e. The van der Waals surface area contributed by atoms with Crippen LogP contribution in [0.25, 0.3) is 0 Å². The largest absolute Gasteiger partial charge is 3.00 e. The Morgan fingerprint density at radius 3 is 0.938 bits per heavy atom. The van der Waals surface area contributed by atoms with Crippen molar-refractivity contribution in [2.24, 2.45) is 0 Å². The van der Waals surface area contributed by atoms with Gasteiger partial charge in [-0.05, 0) is 0 Å². The van der Waals surface area contributed by atoms with E-state index in [1.54, 1.807) is 0 Å². The summed E-state index contributed by atoms with van der Waals surface area (Å²) in [6.07, 6.45) is 13.7. The van der Waals surface area contributed by atoms with E-state index in [2.05, 4.69) is 33.5 Å². The molecule has 0 aliphatic rings. The molecule has 3 rings (SSSR count). The summed E-state index contributed by atoms with van der Waals surface area (Å²) in [4.78, 5) is 8.21. The van der Waals surface area contributed by atoms with Crippen LogP contribution in [0.1, 0.15) is 0 Å². The third kappa shape index (κ3) is 9.50. The van der Waals surface area contributed by atoms with Gasteiger partial charge in [0.05, 0.1) is 0 Å². The molecular weight excluding hydrogens is 275 g/mol. The molecule has 0 atom stereocenters. The van der Waals surface area contributed by atoms with E-state index in [-0.39, 0.29) is 32.7 Å². The van der Waals surface area contributed by atoms with Gasteiger partial charge < -0.3 is 15.0 Å². The van der Waals surface area contributed by atoms with Crippen LogP contribution in [0, 0.1) is 18.6 Å². The topological polar surface area (TPSA) is 47.4 Å². The van der Waals surface area contributed by atoms with Gasteiger partial charge in [-0.15, -0.1) is 18.6 Å². The van der Waals surface area contributed by atoms with Crippen LogP contribution >= 0.6 is 0 Å². The minimum absolute atomic E-state index is 0. The molecule has 0 amide bonds. The van der Waals surface area contributed by atoms with Gasteiger partial charge >= 0.3 is 32.7 Å². The summed E-state index contributed by atoms with van der Waals surface area (Å²) in [7, 11) is 0. The maximum Gasteiger partial charge on any atom is 3.00 e. The van der Waals surface area contributed by atoms with Crippen molar-refractivity contribution in [3.63, 3.8) is 0 Å². The van der Waals surface area contributed by atoms with Gasteiger partial charge in [0.15, 0.2) is 0 Å². The first-order chi connectivity index (χ1) is 7.50. The van der Waals surface area contributed by atoms with E-state index in [1.807, 2.05) is 55.0 Å². The maximum absolute atomic E-state index is 2.74. The Morgan fingerprint density at radius 1 is 0.562 bits per heavy atom. The fourth-order valence-corrected chi connectivity index (χ4v) is 0.722. The SMILES string of the molecule is [Y+3].[c-]1ccc[nH]1.[c-]1ccc[nH]1.[c-]1ccc[nH]1. The number of rotatable bonds is 0. The molecule has 3 heterocycles. The second kappa shape index (κ2) is 12.0.